The Morgan fingerprint density at radius 1 is 0.865 bits per heavy atom. The highest BCUT2D eigenvalue weighted by atomic mass is 32.1. The number of benzene rings is 4. The van der Waals surface area contributed by atoms with E-state index in [9.17, 15) is 9.59 Å². The standard InChI is InChI=1S/C29H19N3O4S/c33-26(32-29-31-24(17-37-29)20-14-13-18-7-1-2-8-19(18)15-20)16-35-28(34)22-10-4-3-9-21(22)27-30-23-11-5-6-12-25(23)36-27/h1-15,17H,16H2,(H,31,32,33). The van der Waals surface area contributed by atoms with Crippen LogP contribution in [0.15, 0.2) is 101 Å². The smallest absolute Gasteiger partial charge is 0.339 e. The second-order valence-corrected chi connectivity index (χ2v) is 9.11. The van der Waals surface area contributed by atoms with Crippen LogP contribution in [0, 0.1) is 0 Å². The minimum atomic E-state index is -0.649. The Morgan fingerprint density at radius 3 is 2.54 bits per heavy atom. The Morgan fingerprint density at radius 2 is 1.65 bits per heavy atom. The maximum Gasteiger partial charge on any atom is 0.339 e. The number of oxazole rings is 1. The van der Waals surface area contributed by atoms with Crippen molar-refractivity contribution in [2.45, 2.75) is 0 Å². The third-order valence-electron chi connectivity index (χ3n) is 5.80. The lowest BCUT2D eigenvalue weighted by molar-refractivity contribution is -0.119. The summed E-state index contributed by atoms with van der Waals surface area (Å²) in [5, 5.41) is 7.27. The van der Waals surface area contributed by atoms with Gasteiger partial charge in [0.2, 0.25) is 5.89 Å². The van der Waals surface area contributed by atoms with Gasteiger partial charge in [-0.2, -0.15) is 0 Å². The molecular formula is C29H19N3O4S. The van der Waals surface area contributed by atoms with E-state index >= 15 is 0 Å². The Bertz CT molecular complexity index is 1740. The summed E-state index contributed by atoms with van der Waals surface area (Å²) < 4.78 is 11.1. The van der Waals surface area contributed by atoms with Crippen molar-refractivity contribution >= 4 is 50.2 Å². The van der Waals surface area contributed by atoms with E-state index in [1.807, 2.05) is 53.9 Å². The predicted octanol–water partition coefficient (Wildman–Crippen LogP) is 6.57. The molecule has 180 valence electrons. The molecule has 1 N–H and O–H groups in total. The van der Waals surface area contributed by atoms with Crippen LogP contribution in [0.25, 0.3) is 44.6 Å². The number of ether oxygens (including phenoxy) is 1. The molecule has 0 bridgehead atoms. The van der Waals surface area contributed by atoms with Gasteiger partial charge >= 0.3 is 5.97 Å². The first kappa shape index (κ1) is 22.6. The first-order valence-corrected chi connectivity index (χ1v) is 12.4. The largest absolute Gasteiger partial charge is 0.452 e. The fourth-order valence-corrected chi connectivity index (χ4v) is 4.75. The van der Waals surface area contributed by atoms with E-state index < -0.39 is 18.5 Å². The molecule has 4 aromatic carbocycles. The van der Waals surface area contributed by atoms with E-state index in [0.717, 1.165) is 22.0 Å². The zero-order chi connectivity index (χ0) is 25.2. The minimum Gasteiger partial charge on any atom is -0.452 e. The van der Waals surface area contributed by atoms with Gasteiger partial charge in [-0.3, -0.25) is 10.1 Å². The molecule has 0 atom stereocenters. The summed E-state index contributed by atoms with van der Waals surface area (Å²) in [6, 6.07) is 28.4. The molecule has 6 aromatic rings. The molecule has 2 heterocycles. The summed E-state index contributed by atoms with van der Waals surface area (Å²) >= 11 is 1.31. The Kier molecular flexibility index (Phi) is 5.92. The average molecular weight is 506 g/mol. The van der Waals surface area contributed by atoms with Crippen molar-refractivity contribution in [3.8, 4) is 22.7 Å². The molecule has 0 saturated carbocycles. The number of esters is 1. The molecule has 6 rings (SSSR count). The van der Waals surface area contributed by atoms with Gasteiger partial charge in [0.1, 0.15) is 5.52 Å². The van der Waals surface area contributed by atoms with Gasteiger partial charge < -0.3 is 9.15 Å². The summed E-state index contributed by atoms with van der Waals surface area (Å²) in [7, 11) is 0. The van der Waals surface area contributed by atoms with Gasteiger partial charge in [0.25, 0.3) is 5.91 Å². The number of aromatic nitrogens is 2. The summed E-state index contributed by atoms with van der Waals surface area (Å²) in [6.45, 7) is -0.453. The summed E-state index contributed by atoms with van der Waals surface area (Å²) in [5.41, 5.74) is 3.77. The fourth-order valence-electron chi connectivity index (χ4n) is 4.01. The van der Waals surface area contributed by atoms with Crippen molar-refractivity contribution in [3.63, 3.8) is 0 Å². The lowest BCUT2D eigenvalue weighted by atomic mass is 10.1. The number of nitrogens with zero attached hydrogens (tertiary/aromatic N) is 2. The maximum absolute atomic E-state index is 12.8. The molecule has 8 heteroatoms. The molecule has 1 amide bonds. The van der Waals surface area contributed by atoms with Gasteiger partial charge in [0.15, 0.2) is 17.3 Å². The number of thiazole rings is 1. The Labute approximate surface area is 215 Å². The number of rotatable bonds is 6. The topological polar surface area (TPSA) is 94.3 Å². The van der Waals surface area contributed by atoms with Gasteiger partial charge in [-0.25, -0.2) is 14.8 Å². The zero-order valence-electron chi connectivity index (χ0n) is 19.4. The molecule has 0 aliphatic rings. The van der Waals surface area contributed by atoms with Crippen molar-refractivity contribution < 1.29 is 18.7 Å². The Balaban J connectivity index is 1.12. The summed E-state index contributed by atoms with van der Waals surface area (Å²) in [6.07, 6.45) is 0. The SMILES string of the molecule is O=C(COC(=O)c1ccccc1-c1nc2ccccc2o1)Nc1nc(-c2ccc3ccccc3c2)cs1. The third-order valence-corrected chi connectivity index (χ3v) is 6.56. The predicted molar refractivity (Wildman–Crippen MR) is 143 cm³/mol. The summed E-state index contributed by atoms with van der Waals surface area (Å²) in [4.78, 5) is 34.3. The van der Waals surface area contributed by atoms with Crippen LogP contribution in [-0.2, 0) is 9.53 Å². The van der Waals surface area contributed by atoms with Crippen LogP contribution in [0.5, 0.6) is 0 Å². The van der Waals surface area contributed by atoms with E-state index in [1.54, 1.807) is 30.3 Å². The molecule has 37 heavy (non-hydrogen) atoms. The first-order chi connectivity index (χ1) is 18.1. The molecular weight excluding hydrogens is 486 g/mol. The fraction of sp³-hybridized carbons (Fsp3) is 0.0345. The van der Waals surface area contributed by atoms with E-state index in [4.69, 9.17) is 9.15 Å². The molecule has 0 unspecified atom stereocenters. The maximum atomic E-state index is 12.8. The third kappa shape index (κ3) is 4.70. The molecule has 0 spiro atoms. The highest BCUT2D eigenvalue weighted by Crippen LogP contribution is 2.29. The molecule has 0 fully saturated rings. The Hall–Kier alpha value is -4.82. The van der Waals surface area contributed by atoms with Gasteiger partial charge in [0, 0.05) is 10.9 Å². The van der Waals surface area contributed by atoms with E-state index in [0.29, 0.717) is 27.7 Å². The van der Waals surface area contributed by atoms with Crippen molar-refractivity contribution in [1.29, 1.82) is 0 Å². The lowest BCUT2D eigenvalue weighted by Crippen LogP contribution is -2.21. The number of amides is 1. The van der Waals surface area contributed by atoms with Gasteiger partial charge in [-0.05, 0) is 41.1 Å². The van der Waals surface area contributed by atoms with E-state index in [-0.39, 0.29) is 5.56 Å². The quantitative estimate of drug-likeness (QED) is 0.257. The van der Waals surface area contributed by atoms with Crippen molar-refractivity contribution in [3.05, 3.63) is 102 Å². The number of para-hydroxylation sites is 2. The number of carbonyl (C=O) groups is 2. The van der Waals surface area contributed by atoms with Crippen LogP contribution in [0.1, 0.15) is 10.4 Å². The minimum absolute atomic E-state index is 0.259. The van der Waals surface area contributed by atoms with Crippen LogP contribution in [-0.4, -0.2) is 28.5 Å². The molecule has 0 radical (unpaired) electrons. The number of fused-ring (bicyclic) bond motifs is 2. The van der Waals surface area contributed by atoms with Crippen LogP contribution < -0.4 is 5.32 Å². The molecule has 0 saturated heterocycles. The number of nitrogens with one attached hydrogen (secondary N) is 1. The van der Waals surface area contributed by atoms with Crippen molar-refractivity contribution in [1.82, 2.24) is 9.97 Å². The second kappa shape index (κ2) is 9.67. The second-order valence-electron chi connectivity index (χ2n) is 8.26. The molecule has 0 aliphatic carbocycles. The van der Waals surface area contributed by atoms with Gasteiger partial charge in [-0.15, -0.1) is 11.3 Å². The molecule has 2 aromatic heterocycles. The van der Waals surface area contributed by atoms with Gasteiger partial charge in [-0.1, -0.05) is 60.7 Å². The normalized spacial score (nSPS) is 11.0. The van der Waals surface area contributed by atoms with Crippen molar-refractivity contribution in [2.75, 3.05) is 11.9 Å². The lowest BCUT2D eigenvalue weighted by Gasteiger charge is -2.07. The summed E-state index contributed by atoms with van der Waals surface area (Å²) in [5.74, 6) is -0.821. The number of carbonyl (C=O) groups excluding carboxylic acids is 2. The molecule has 0 aliphatic heterocycles. The highest BCUT2D eigenvalue weighted by molar-refractivity contribution is 7.14. The number of hydrogen-bond acceptors (Lipinski definition) is 7. The van der Waals surface area contributed by atoms with E-state index in [1.165, 1.54) is 11.3 Å². The van der Waals surface area contributed by atoms with Gasteiger partial charge in [0.05, 0.1) is 16.8 Å². The average Bonchev–Trinajstić information content (AvgIpc) is 3.59. The zero-order valence-corrected chi connectivity index (χ0v) is 20.2. The van der Waals surface area contributed by atoms with Crippen LogP contribution in [0.2, 0.25) is 0 Å². The van der Waals surface area contributed by atoms with E-state index in [2.05, 4.69) is 27.4 Å². The number of hydrogen-bond donors (Lipinski definition) is 1. The highest BCUT2D eigenvalue weighted by Gasteiger charge is 2.19. The van der Waals surface area contributed by atoms with Crippen molar-refractivity contribution in [2.24, 2.45) is 0 Å². The first-order valence-electron chi connectivity index (χ1n) is 11.5. The van der Waals surface area contributed by atoms with Crippen LogP contribution in [0.4, 0.5) is 5.13 Å². The van der Waals surface area contributed by atoms with Crippen LogP contribution >= 0.6 is 11.3 Å². The van der Waals surface area contributed by atoms with Crippen LogP contribution in [0.3, 0.4) is 0 Å². The molecule has 7 nitrogen and oxygen atoms in total. The number of anilines is 1. The monoisotopic (exact) mass is 505 g/mol.